The SMILES string of the molecule is CC1CC(=O)CC(c2ccc3ncn(C)c3c2)N1. The number of nitrogens with zero attached hydrogens (tertiary/aromatic N) is 2. The first-order chi connectivity index (χ1) is 8.63. The standard InChI is InChI=1S/C14H17N3O/c1-9-5-11(18)7-13(16-9)10-3-4-12-14(6-10)17(2)8-15-12/h3-4,6,8-9,13,16H,5,7H2,1-2H3. The first-order valence-electron chi connectivity index (χ1n) is 6.32. The number of hydrogen-bond acceptors (Lipinski definition) is 3. The zero-order valence-electron chi connectivity index (χ0n) is 10.7. The summed E-state index contributed by atoms with van der Waals surface area (Å²) in [5, 5.41) is 3.49. The van der Waals surface area contributed by atoms with Crippen LogP contribution in [0.5, 0.6) is 0 Å². The van der Waals surface area contributed by atoms with Crippen LogP contribution < -0.4 is 5.32 Å². The maximum Gasteiger partial charge on any atom is 0.136 e. The molecule has 0 aliphatic carbocycles. The van der Waals surface area contributed by atoms with Gasteiger partial charge >= 0.3 is 0 Å². The average molecular weight is 243 g/mol. The molecule has 0 saturated carbocycles. The Balaban J connectivity index is 1.98. The largest absolute Gasteiger partial charge is 0.334 e. The first-order valence-corrected chi connectivity index (χ1v) is 6.32. The summed E-state index contributed by atoms with van der Waals surface area (Å²) in [4.78, 5) is 16.0. The second kappa shape index (κ2) is 4.21. The van der Waals surface area contributed by atoms with Crippen LogP contribution >= 0.6 is 0 Å². The molecule has 3 rings (SSSR count). The minimum absolute atomic E-state index is 0.139. The van der Waals surface area contributed by atoms with Crippen LogP contribution in [0.3, 0.4) is 0 Å². The van der Waals surface area contributed by atoms with E-state index in [1.165, 1.54) is 5.56 Å². The van der Waals surface area contributed by atoms with Gasteiger partial charge in [-0.05, 0) is 24.6 Å². The number of ketones is 1. The summed E-state index contributed by atoms with van der Waals surface area (Å²) < 4.78 is 2.01. The number of carbonyl (C=O) groups is 1. The fourth-order valence-corrected chi connectivity index (χ4v) is 2.69. The molecule has 2 unspecified atom stereocenters. The van der Waals surface area contributed by atoms with E-state index in [2.05, 4.69) is 29.4 Å². The summed E-state index contributed by atoms with van der Waals surface area (Å²) in [5.74, 6) is 0.344. The van der Waals surface area contributed by atoms with E-state index in [1.807, 2.05) is 24.0 Å². The van der Waals surface area contributed by atoms with Crippen molar-refractivity contribution in [2.45, 2.75) is 31.8 Å². The summed E-state index contributed by atoms with van der Waals surface area (Å²) in [6.07, 6.45) is 3.05. The quantitative estimate of drug-likeness (QED) is 0.832. The van der Waals surface area contributed by atoms with Crippen LogP contribution in [-0.4, -0.2) is 21.4 Å². The van der Waals surface area contributed by atoms with E-state index in [0.29, 0.717) is 18.6 Å². The van der Waals surface area contributed by atoms with E-state index in [0.717, 1.165) is 11.0 Å². The molecule has 2 heterocycles. The number of hydrogen-bond donors (Lipinski definition) is 1. The Morgan fingerprint density at radius 1 is 1.39 bits per heavy atom. The molecule has 1 N–H and O–H groups in total. The fraction of sp³-hybridized carbons (Fsp3) is 0.429. The maximum atomic E-state index is 11.7. The van der Waals surface area contributed by atoms with E-state index >= 15 is 0 Å². The molecule has 1 aromatic heterocycles. The Bertz CT molecular complexity index is 602. The highest BCUT2D eigenvalue weighted by Gasteiger charge is 2.25. The van der Waals surface area contributed by atoms with E-state index < -0.39 is 0 Å². The third-order valence-corrected chi connectivity index (χ3v) is 3.60. The zero-order valence-corrected chi connectivity index (χ0v) is 10.7. The Morgan fingerprint density at radius 3 is 3.00 bits per heavy atom. The van der Waals surface area contributed by atoms with Crippen LogP contribution in [-0.2, 0) is 11.8 Å². The molecule has 1 fully saturated rings. The van der Waals surface area contributed by atoms with Gasteiger partial charge in [0.15, 0.2) is 0 Å². The number of aromatic nitrogens is 2. The second-order valence-electron chi connectivity index (χ2n) is 5.17. The van der Waals surface area contributed by atoms with Crippen molar-refractivity contribution in [2.75, 3.05) is 0 Å². The number of aryl methyl sites for hydroxylation is 1. The van der Waals surface area contributed by atoms with Crippen LogP contribution in [0.2, 0.25) is 0 Å². The topological polar surface area (TPSA) is 46.9 Å². The van der Waals surface area contributed by atoms with Crippen molar-refractivity contribution in [3.63, 3.8) is 0 Å². The molecule has 1 aliphatic rings. The van der Waals surface area contributed by atoms with E-state index in [1.54, 1.807) is 0 Å². The summed E-state index contributed by atoms with van der Waals surface area (Å²) >= 11 is 0. The fourth-order valence-electron chi connectivity index (χ4n) is 2.69. The molecule has 1 saturated heterocycles. The summed E-state index contributed by atoms with van der Waals surface area (Å²) in [5.41, 5.74) is 3.28. The Hall–Kier alpha value is -1.68. The van der Waals surface area contributed by atoms with Gasteiger partial charge in [-0.3, -0.25) is 4.79 Å². The van der Waals surface area contributed by atoms with E-state index in [4.69, 9.17) is 0 Å². The second-order valence-corrected chi connectivity index (χ2v) is 5.17. The van der Waals surface area contributed by atoms with Gasteiger partial charge in [0.05, 0.1) is 17.4 Å². The van der Waals surface area contributed by atoms with Gasteiger partial charge in [0, 0.05) is 32.0 Å². The van der Waals surface area contributed by atoms with Crippen LogP contribution in [0.15, 0.2) is 24.5 Å². The Kier molecular flexibility index (Phi) is 2.67. The van der Waals surface area contributed by atoms with Gasteiger partial charge in [0.2, 0.25) is 0 Å². The molecule has 4 heteroatoms. The van der Waals surface area contributed by atoms with Gasteiger partial charge in [0.25, 0.3) is 0 Å². The van der Waals surface area contributed by atoms with Gasteiger partial charge in [-0.1, -0.05) is 6.07 Å². The molecule has 94 valence electrons. The van der Waals surface area contributed by atoms with Crippen molar-refractivity contribution in [3.8, 4) is 0 Å². The van der Waals surface area contributed by atoms with Gasteiger partial charge in [-0.2, -0.15) is 0 Å². The van der Waals surface area contributed by atoms with Crippen LogP contribution in [0.4, 0.5) is 0 Å². The van der Waals surface area contributed by atoms with Crippen molar-refractivity contribution in [3.05, 3.63) is 30.1 Å². The lowest BCUT2D eigenvalue weighted by Gasteiger charge is -2.28. The van der Waals surface area contributed by atoms with Crippen LogP contribution in [0.25, 0.3) is 11.0 Å². The monoisotopic (exact) mass is 243 g/mol. The van der Waals surface area contributed by atoms with Crippen LogP contribution in [0, 0.1) is 0 Å². The number of benzene rings is 1. The molecule has 4 nitrogen and oxygen atoms in total. The van der Waals surface area contributed by atoms with Gasteiger partial charge in [-0.15, -0.1) is 0 Å². The lowest BCUT2D eigenvalue weighted by molar-refractivity contribution is -0.121. The van der Waals surface area contributed by atoms with Gasteiger partial charge in [-0.25, -0.2) is 4.98 Å². The highest BCUT2D eigenvalue weighted by molar-refractivity contribution is 5.81. The number of carbonyl (C=O) groups excluding carboxylic acids is 1. The number of nitrogens with one attached hydrogen (secondary N) is 1. The third kappa shape index (κ3) is 1.93. The number of Topliss-reactive ketones (excluding diaryl/α,β-unsaturated/α-hetero) is 1. The Labute approximate surface area is 106 Å². The number of fused-ring (bicyclic) bond motifs is 1. The first kappa shape index (κ1) is 11.4. The molecule has 0 amide bonds. The molecule has 0 radical (unpaired) electrons. The van der Waals surface area contributed by atoms with Crippen molar-refractivity contribution in [1.82, 2.24) is 14.9 Å². The van der Waals surface area contributed by atoms with Crippen molar-refractivity contribution in [2.24, 2.45) is 7.05 Å². The maximum absolute atomic E-state index is 11.7. The van der Waals surface area contributed by atoms with E-state index in [-0.39, 0.29) is 12.1 Å². The minimum Gasteiger partial charge on any atom is -0.334 e. The molecule has 0 spiro atoms. The van der Waals surface area contributed by atoms with Crippen molar-refractivity contribution < 1.29 is 4.79 Å². The molecule has 2 atom stereocenters. The molecular weight excluding hydrogens is 226 g/mol. The summed E-state index contributed by atoms with van der Waals surface area (Å²) in [6.45, 7) is 2.06. The lowest BCUT2D eigenvalue weighted by Crippen LogP contribution is -2.38. The molecule has 0 bridgehead atoms. The summed E-state index contributed by atoms with van der Waals surface area (Å²) in [7, 11) is 1.99. The van der Waals surface area contributed by atoms with Crippen molar-refractivity contribution in [1.29, 1.82) is 0 Å². The Morgan fingerprint density at radius 2 is 2.22 bits per heavy atom. The smallest absolute Gasteiger partial charge is 0.136 e. The molecule has 2 aromatic rings. The lowest BCUT2D eigenvalue weighted by atomic mass is 9.93. The highest BCUT2D eigenvalue weighted by Crippen LogP contribution is 2.26. The minimum atomic E-state index is 0.139. The summed E-state index contributed by atoms with van der Waals surface area (Å²) in [6, 6.07) is 6.62. The number of rotatable bonds is 1. The van der Waals surface area contributed by atoms with Crippen molar-refractivity contribution >= 4 is 16.8 Å². The third-order valence-electron chi connectivity index (χ3n) is 3.60. The van der Waals surface area contributed by atoms with Gasteiger partial charge in [0.1, 0.15) is 5.78 Å². The molecule has 1 aromatic carbocycles. The van der Waals surface area contributed by atoms with Crippen LogP contribution in [0.1, 0.15) is 31.4 Å². The van der Waals surface area contributed by atoms with E-state index in [9.17, 15) is 4.79 Å². The zero-order chi connectivity index (χ0) is 12.7. The average Bonchev–Trinajstić information content (AvgIpc) is 2.69. The highest BCUT2D eigenvalue weighted by atomic mass is 16.1. The number of imidazole rings is 1. The molecule has 18 heavy (non-hydrogen) atoms. The predicted molar refractivity (Wildman–Crippen MR) is 70.3 cm³/mol. The normalized spacial score (nSPS) is 24.7. The predicted octanol–water partition coefficient (Wildman–Crippen LogP) is 1.96. The molecule has 1 aliphatic heterocycles. The molecular formula is C14H17N3O. The number of piperidine rings is 1. The van der Waals surface area contributed by atoms with Gasteiger partial charge < -0.3 is 9.88 Å².